The molecule has 0 fully saturated rings. The standard InChI is InChI=1S/C18H20N4O2S/c1-4-7-19-18(25)20-11-5-6-12-13(8-11)22-15-10-17(24-3)16(23-2)9-14(15)21-12/h5-6,8-10H,4,7H2,1-3H3,(H2,19,20,25). The summed E-state index contributed by atoms with van der Waals surface area (Å²) in [7, 11) is 3.20. The molecule has 130 valence electrons. The molecule has 6 nitrogen and oxygen atoms in total. The smallest absolute Gasteiger partial charge is 0.170 e. The molecule has 7 heteroatoms. The maximum absolute atomic E-state index is 5.34. The third-order valence-corrected chi connectivity index (χ3v) is 3.98. The lowest BCUT2D eigenvalue weighted by Gasteiger charge is -2.11. The molecule has 0 spiro atoms. The van der Waals surface area contributed by atoms with Crippen LogP contribution in [-0.4, -0.2) is 35.8 Å². The lowest BCUT2D eigenvalue weighted by Crippen LogP contribution is -2.28. The average Bonchev–Trinajstić information content (AvgIpc) is 2.63. The van der Waals surface area contributed by atoms with Gasteiger partial charge < -0.3 is 20.1 Å². The minimum atomic E-state index is 0.598. The summed E-state index contributed by atoms with van der Waals surface area (Å²) < 4.78 is 10.7. The number of aromatic nitrogens is 2. The molecule has 0 amide bonds. The number of methoxy groups -OCH3 is 2. The molecule has 0 atom stereocenters. The van der Waals surface area contributed by atoms with Crippen LogP contribution in [0.4, 0.5) is 5.69 Å². The highest BCUT2D eigenvalue weighted by Gasteiger charge is 2.10. The Kier molecular flexibility index (Phi) is 5.14. The van der Waals surface area contributed by atoms with Gasteiger partial charge in [-0.05, 0) is 36.8 Å². The van der Waals surface area contributed by atoms with Gasteiger partial charge in [-0.15, -0.1) is 0 Å². The van der Waals surface area contributed by atoms with Gasteiger partial charge in [0.15, 0.2) is 16.6 Å². The van der Waals surface area contributed by atoms with Crippen molar-refractivity contribution in [1.82, 2.24) is 15.3 Å². The zero-order valence-corrected chi connectivity index (χ0v) is 15.2. The van der Waals surface area contributed by atoms with Gasteiger partial charge in [-0.1, -0.05) is 6.92 Å². The van der Waals surface area contributed by atoms with E-state index in [4.69, 9.17) is 26.7 Å². The SMILES string of the molecule is CCCNC(=S)Nc1ccc2nc3cc(OC)c(OC)cc3nc2c1. The van der Waals surface area contributed by atoms with Crippen LogP contribution >= 0.6 is 12.2 Å². The molecule has 1 aromatic heterocycles. The van der Waals surface area contributed by atoms with Crippen molar-refractivity contribution in [1.29, 1.82) is 0 Å². The van der Waals surface area contributed by atoms with Gasteiger partial charge in [-0.3, -0.25) is 0 Å². The third kappa shape index (κ3) is 3.71. The Bertz CT molecular complexity index is 930. The molecule has 0 unspecified atom stereocenters. The fourth-order valence-corrected chi connectivity index (χ4v) is 2.72. The van der Waals surface area contributed by atoms with Crippen molar-refractivity contribution in [2.45, 2.75) is 13.3 Å². The van der Waals surface area contributed by atoms with Crippen LogP contribution in [0.2, 0.25) is 0 Å². The van der Waals surface area contributed by atoms with Gasteiger partial charge in [0, 0.05) is 24.4 Å². The maximum atomic E-state index is 5.34. The number of anilines is 1. The number of nitrogens with one attached hydrogen (secondary N) is 2. The summed E-state index contributed by atoms with van der Waals surface area (Å²) in [6.45, 7) is 2.93. The van der Waals surface area contributed by atoms with E-state index in [9.17, 15) is 0 Å². The molecule has 0 bridgehead atoms. The van der Waals surface area contributed by atoms with Gasteiger partial charge >= 0.3 is 0 Å². The van der Waals surface area contributed by atoms with Crippen LogP contribution < -0.4 is 20.1 Å². The van der Waals surface area contributed by atoms with E-state index in [1.807, 2.05) is 30.3 Å². The van der Waals surface area contributed by atoms with Crippen LogP contribution in [0.3, 0.4) is 0 Å². The van der Waals surface area contributed by atoms with Crippen molar-refractivity contribution in [3.05, 3.63) is 30.3 Å². The lowest BCUT2D eigenvalue weighted by atomic mass is 10.2. The number of thiocarbonyl (C=S) groups is 1. The van der Waals surface area contributed by atoms with E-state index in [-0.39, 0.29) is 0 Å². The number of fused-ring (bicyclic) bond motifs is 2. The van der Waals surface area contributed by atoms with Gasteiger partial charge in [-0.25, -0.2) is 9.97 Å². The minimum absolute atomic E-state index is 0.598. The first-order valence-corrected chi connectivity index (χ1v) is 8.43. The molecule has 2 aromatic carbocycles. The minimum Gasteiger partial charge on any atom is -0.493 e. The zero-order valence-electron chi connectivity index (χ0n) is 14.4. The molecule has 0 saturated heterocycles. The quantitative estimate of drug-likeness (QED) is 0.536. The summed E-state index contributed by atoms with van der Waals surface area (Å²) in [5, 5.41) is 6.90. The summed E-state index contributed by atoms with van der Waals surface area (Å²) in [6, 6.07) is 9.44. The van der Waals surface area contributed by atoms with E-state index < -0.39 is 0 Å². The van der Waals surface area contributed by atoms with Crippen LogP contribution in [0.15, 0.2) is 30.3 Å². The van der Waals surface area contributed by atoms with Crippen molar-refractivity contribution < 1.29 is 9.47 Å². The third-order valence-electron chi connectivity index (χ3n) is 3.73. The monoisotopic (exact) mass is 356 g/mol. The van der Waals surface area contributed by atoms with Crippen LogP contribution in [0.1, 0.15) is 13.3 Å². The number of nitrogens with zero attached hydrogens (tertiary/aromatic N) is 2. The van der Waals surface area contributed by atoms with Crippen molar-refractivity contribution in [3.8, 4) is 11.5 Å². The van der Waals surface area contributed by atoms with Crippen LogP contribution in [-0.2, 0) is 0 Å². The second-order valence-corrected chi connectivity index (χ2v) is 5.91. The Hall–Kier alpha value is -2.67. The van der Waals surface area contributed by atoms with E-state index >= 15 is 0 Å². The van der Waals surface area contributed by atoms with Crippen LogP contribution in [0.25, 0.3) is 22.1 Å². The second-order valence-electron chi connectivity index (χ2n) is 5.50. The number of hydrogen-bond donors (Lipinski definition) is 2. The molecular formula is C18H20N4O2S. The number of hydrogen-bond acceptors (Lipinski definition) is 5. The first-order chi connectivity index (χ1) is 12.1. The van der Waals surface area contributed by atoms with Crippen molar-refractivity contribution >= 4 is 45.1 Å². The average molecular weight is 356 g/mol. The molecule has 1 heterocycles. The number of ether oxygens (including phenoxy) is 2. The summed E-state index contributed by atoms with van der Waals surface area (Å²) in [4.78, 5) is 9.35. The second kappa shape index (κ2) is 7.48. The first-order valence-electron chi connectivity index (χ1n) is 8.03. The Balaban J connectivity index is 1.98. The Morgan fingerprint density at radius 1 is 0.960 bits per heavy atom. The molecule has 0 saturated carbocycles. The van der Waals surface area contributed by atoms with E-state index in [0.29, 0.717) is 16.6 Å². The van der Waals surface area contributed by atoms with E-state index in [0.717, 1.165) is 40.7 Å². The van der Waals surface area contributed by atoms with Crippen LogP contribution in [0, 0.1) is 0 Å². The molecule has 0 radical (unpaired) electrons. The lowest BCUT2D eigenvalue weighted by molar-refractivity contribution is 0.355. The van der Waals surface area contributed by atoms with E-state index in [1.54, 1.807) is 14.2 Å². The molecule has 3 rings (SSSR count). The summed E-state index contributed by atoms with van der Waals surface area (Å²) in [5.41, 5.74) is 3.95. The summed E-state index contributed by atoms with van der Waals surface area (Å²) >= 11 is 5.27. The normalized spacial score (nSPS) is 10.7. The predicted octanol–water partition coefficient (Wildman–Crippen LogP) is 3.50. The van der Waals surface area contributed by atoms with Gasteiger partial charge in [0.05, 0.1) is 36.3 Å². The molecular weight excluding hydrogens is 336 g/mol. The number of benzene rings is 2. The van der Waals surface area contributed by atoms with E-state index in [1.165, 1.54) is 0 Å². The zero-order chi connectivity index (χ0) is 17.8. The maximum Gasteiger partial charge on any atom is 0.170 e. The Morgan fingerprint density at radius 3 is 2.16 bits per heavy atom. The molecule has 25 heavy (non-hydrogen) atoms. The fourth-order valence-electron chi connectivity index (χ4n) is 2.50. The first kappa shape index (κ1) is 17.2. The van der Waals surface area contributed by atoms with Crippen molar-refractivity contribution in [2.24, 2.45) is 0 Å². The van der Waals surface area contributed by atoms with Gasteiger partial charge in [-0.2, -0.15) is 0 Å². The van der Waals surface area contributed by atoms with Crippen molar-refractivity contribution in [2.75, 3.05) is 26.1 Å². The van der Waals surface area contributed by atoms with Gasteiger partial charge in [0.2, 0.25) is 0 Å². The topological polar surface area (TPSA) is 68.3 Å². The molecule has 0 aliphatic rings. The highest BCUT2D eigenvalue weighted by Crippen LogP contribution is 2.31. The molecule has 0 aliphatic heterocycles. The Labute approximate surface area is 151 Å². The molecule has 2 N–H and O–H groups in total. The predicted molar refractivity (Wildman–Crippen MR) is 105 cm³/mol. The summed E-state index contributed by atoms with van der Waals surface area (Å²) in [5.74, 6) is 1.26. The molecule has 3 aromatic rings. The van der Waals surface area contributed by atoms with Gasteiger partial charge in [0.25, 0.3) is 0 Å². The highest BCUT2D eigenvalue weighted by molar-refractivity contribution is 7.80. The largest absolute Gasteiger partial charge is 0.493 e. The molecule has 0 aliphatic carbocycles. The summed E-state index contributed by atoms with van der Waals surface area (Å²) in [6.07, 6.45) is 1.02. The van der Waals surface area contributed by atoms with Crippen LogP contribution in [0.5, 0.6) is 11.5 Å². The van der Waals surface area contributed by atoms with E-state index in [2.05, 4.69) is 22.5 Å². The highest BCUT2D eigenvalue weighted by atomic mass is 32.1. The number of rotatable bonds is 5. The fraction of sp³-hybridized carbons (Fsp3) is 0.278. The van der Waals surface area contributed by atoms with Gasteiger partial charge in [0.1, 0.15) is 0 Å². The Morgan fingerprint density at radius 2 is 1.56 bits per heavy atom. The van der Waals surface area contributed by atoms with Crippen molar-refractivity contribution in [3.63, 3.8) is 0 Å².